The Morgan fingerprint density at radius 3 is 2.42 bits per heavy atom. The molecule has 1 fully saturated rings. The number of terminal acetylenes is 1. The van der Waals surface area contributed by atoms with Crippen LogP contribution in [0.25, 0.3) is 10.1 Å². The van der Waals surface area contributed by atoms with Crippen molar-refractivity contribution >= 4 is 27.4 Å². The first kappa shape index (κ1) is 34.9. The van der Waals surface area contributed by atoms with E-state index in [1.807, 2.05) is 27.0 Å². The summed E-state index contributed by atoms with van der Waals surface area (Å²) in [5.74, 6) is -0.472. The second kappa shape index (κ2) is 18.2. The largest absolute Gasteiger partial charge is 0.416 e. The van der Waals surface area contributed by atoms with Crippen LogP contribution in [0.4, 0.5) is 27.8 Å². The number of alkyl halides is 3. The predicted molar refractivity (Wildman–Crippen MR) is 152 cm³/mol. The molecule has 3 nitrogen and oxygen atoms in total. The molecule has 2 aromatic rings. The molecule has 0 amide bonds. The van der Waals surface area contributed by atoms with E-state index in [1.54, 1.807) is 13.0 Å². The molecule has 0 unspecified atom stereocenters. The van der Waals surface area contributed by atoms with Gasteiger partial charge >= 0.3 is 6.18 Å². The highest BCUT2D eigenvalue weighted by Gasteiger charge is 2.32. The van der Waals surface area contributed by atoms with E-state index >= 15 is 0 Å². The van der Waals surface area contributed by atoms with Gasteiger partial charge in [-0.15, -0.1) is 12.8 Å². The first-order valence-electron chi connectivity index (χ1n) is 12.4. The molecule has 0 bridgehead atoms. The number of anilines is 1. The van der Waals surface area contributed by atoms with Crippen LogP contribution in [0.2, 0.25) is 0 Å². The lowest BCUT2D eigenvalue weighted by Gasteiger charge is -2.27. The summed E-state index contributed by atoms with van der Waals surface area (Å²) in [6.07, 6.45) is 12.1. The van der Waals surface area contributed by atoms with Gasteiger partial charge in [0.2, 0.25) is 0 Å². The van der Waals surface area contributed by atoms with Crippen molar-refractivity contribution in [2.24, 2.45) is 0 Å². The van der Waals surface area contributed by atoms with Crippen LogP contribution in [0.3, 0.4) is 0 Å². The first-order chi connectivity index (χ1) is 18.1. The first-order valence-corrected chi connectivity index (χ1v) is 13.2. The third-order valence-electron chi connectivity index (χ3n) is 5.33. The van der Waals surface area contributed by atoms with Crippen LogP contribution in [-0.4, -0.2) is 29.0 Å². The Bertz CT molecular complexity index is 1120. The number of piperidine rings is 1. The Kier molecular flexibility index (Phi) is 16.7. The summed E-state index contributed by atoms with van der Waals surface area (Å²) < 4.78 is 70.5. The number of nitrogens with two attached hydrogens (primary N) is 1. The maximum absolute atomic E-state index is 14.0. The molecule has 1 aromatic heterocycles. The van der Waals surface area contributed by atoms with Crippen LogP contribution >= 0.6 is 11.5 Å². The van der Waals surface area contributed by atoms with Crippen molar-refractivity contribution in [1.29, 1.82) is 0 Å². The number of benzene rings is 1. The molecule has 0 saturated carbocycles. The number of rotatable bonds is 5. The monoisotopic (exact) mass is 555 g/mol. The van der Waals surface area contributed by atoms with Crippen molar-refractivity contribution in [2.45, 2.75) is 66.0 Å². The van der Waals surface area contributed by atoms with Crippen LogP contribution in [0, 0.1) is 18.7 Å². The molecule has 0 aliphatic carbocycles. The summed E-state index contributed by atoms with van der Waals surface area (Å²) in [7, 11) is 1.96. The fourth-order valence-electron chi connectivity index (χ4n) is 3.48. The Balaban J connectivity index is 0.000000752. The van der Waals surface area contributed by atoms with Gasteiger partial charge in [-0.25, -0.2) is 8.78 Å². The molecule has 0 spiro atoms. The molecule has 38 heavy (non-hydrogen) atoms. The maximum Gasteiger partial charge on any atom is 0.416 e. The van der Waals surface area contributed by atoms with Gasteiger partial charge in [-0.05, 0) is 80.4 Å². The number of likely N-dealkylation sites (tertiary alicyclic amines) is 1. The second-order valence-corrected chi connectivity index (χ2v) is 8.66. The Hall–Kier alpha value is -3.12. The van der Waals surface area contributed by atoms with Crippen molar-refractivity contribution < 1.29 is 22.0 Å². The summed E-state index contributed by atoms with van der Waals surface area (Å²) in [5.41, 5.74) is 5.82. The molecule has 1 saturated heterocycles. The maximum atomic E-state index is 14.0. The lowest BCUT2D eigenvalue weighted by Crippen LogP contribution is -2.23. The summed E-state index contributed by atoms with van der Waals surface area (Å²) in [6.45, 7) is 8.05. The van der Waals surface area contributed by atoms with E-state index in [0.717, 1.165) is 48.4 Å². The van der Waals surface area contributed by atoms with E-state index in [-0.39, 0.29) is 24.2 Å². The third-order valence-corrected chi connectivity index (χ3v) is 6.17. The van der Waals surface area contributed by atoms with Crippen molar-refractivity contribution in [3.8, 4) is 12.8 Å². The van der Waals surface area contributed by atoms with Gasteiger partial charge in [-0.2, -0.15) is 17.5 Å². The second-order valence-electron chi connectivity index (χ2n) is 7.86. The predicted octanol–water partition coefficient (Wildman–Crippen LogP) is 9.37. The highest BCUT2D eigenvalue weighted by molar-refractivity contribution is 7.13. The van der Waals surface area contributed by atoms with Crippen LogP contribution in [0.15, 0.2) is 65.2 Å². The van der Waals surface area contributed by atoms with Crippen LogP contribution in [-0.2, 0) is 0 Å². The van der Waals surface area contributed by atoms with E-state index in [1.165, 1.54) is 36.7 Å². The van der Waals surface area contributed by atoms with E-state index < -0.39 is 17.6 Å². The molecule has 1 aromatic carbocycles. The fraction of sp³-hybridized carbons (Fsp3) is 0.414. The third kappa shape index (κ3) is 11.5. The number of halogens is 5. The molecule has 0 radical (unpaired) electrons. The molecule has 0 atom stereocenters. The number of hydrogen-bond donors (Lipinski definition) is 1. The number of nitrogens with zero attached hydrogens (tertiary/aromatic N) is 2. The molecule has 2 heterocycles. The number of fused-ring (bicyclic) bond motifs is 1. The number of hydrogen-bond acceptors (Lipinski definition) is 4. The molecule has 2 N–H and O–H groups in total. The SMILES string of the molecule is C#C.CC.C\C=C(F)/C(=C\C(=C\CC)C(F)(F)F)C/C=C1/CCCCN1C.Nc1nsc2ccc(F)cc12. The van der Waals surface area contributed by atoms with E-state index in [4.69, 9.17) is 5.73 Å². The average Bonchev–Trinajstić information content (AvgIpc) is 3.28. The Morgan fingerprint density at radius 1 is 1.21 bits per heavy atom. The number of nitrogen functional groups attached to an aromatic ring is 1. The van der Waals surface area contributed by atoms with Gasteiger partial charge in [0.15, 0.2) is 0 Å². The molecule has 3 rings (SSSR count). The minimum absolute atomic E-state index is 0.0657. The van der Waals surface area contributed by atoms with E-state index in [9.17, 15) is 22.0 Å². The molecule has 9 heteroatoms. The normalized spacial score (nSPS) is 15.6. The highest BCUT2D eigenvalue weighted by Crippen LogP contribution is 2.31. The molecular formula is C29H38F5N3S. The van der Waals surface area contributed by atoms with Gasteiger partial charge in [0.05, 0.1) is 10.3 Å². The van der Waals surface area contributed by atoms with E-state index in [2.05, 4.69) is 22.1 Å². The summed E-state index contributed by atoms with van der Waals surface area (Å²) in [5, 5.41) is 0.704. The van der Waals surface area contributed by atoms with Gasteiger partial charge in [-0.3, -0.25) is 0 Å². The van der Waals surface area contributed by atoms with Gasteiger partial charge in [0.1, 0.15) is 17.5 Å². The summed E-state index contributed by atoms with van der Waals surface area (Å²) in [6, 6.07) is 4.48. The Labute approximate surface area is 227 Å². The van der Waals surface area contributed by atoms with E-state index in [0.29, 0.717) is 11.2 Å². The standard InChI is InChI=1S/C18H25F4N.C7H5FN2S.C2H6.C2H2/c1-4-8-15(18(20,21)22)13-14(17(19)5-2)10-11-16-9-6-7-12-23(16)3;8-4-1-2-6-5(3-4)7(9)10-11-6;2*1-2/h5,8,11,13H,4,6-7,9-10,12H2,1-3H3;1-3H,(H2,9,10);1-2H3;1-2H/b14-13-,15-8-,16-11-,17-5+;;;. The zero-order chi connectivity index (χ0) is 29.3. The molecule has 1 aliphatic rings. The zero-order valence-electron chi connectivity index (χ0n) is 22.7. The number of aromatic nitrogens is 1. The van der Waals surface area contributed by atoms with Gasteiger partial charge in [-0.1, -0.05) is 39.0 Å². The smallest absolute Gasteiger partial charge is 0.382 e. The molecule has 210 valence electrons. The minimum atomic E-state index is -4.47. The van der Waals surface area contributed by atoms with Crippen LogP contribution in [0.1, 0.15) is 59.8 Å². The van der Waals surface area contributed by atoms with Crippen molar-refractivity contribution in [3.63, 3.8) is 0 Å². The minimum Gasteiger partial charge on any atom is -0.382 e. The van der Waals surface area contributed by atoms with Gasteiger partial charge in [0.25, 0.3) is 0 Å². The van der Waals surface area contributed by atoms with Crippen LogP contribution < -0.4 is 5.73 Å². The van der Waals surface area contributed by atoms with Crippen LogP contribution in [0.5, 0.6) is 0 Å². The quantitative estimate of drug-likeness (QED) is 0.227. The summed E-state index contributed by atoms with van der Waals surface area (Å²) >= 11 is 1.28. The fourth-order valence-corrected chi connectivity index (χ4v) is 4.17. The Morgan fingerprint density at radius 2 is 1.87 bits per heavy atom. The lowest BCUT2D eigenvalue weighted by molar-refractivity contribution is -0.0884. The molecular weight excluding hydrogens is 517 g/mol. The van der Waals surface area contributed by atoms with Gasteiger partial charge < -0.3 is 10.6 Å². The highest BCUT2D eigenvalue weighted by atomic mass is 32.1. The number of allylic oxidation sites excluding steroid dienone is 8. The van der Waals surface area contributed by atoms with Crippen molar-refractivity contribution in [1.82, 2.24) is 9.27 Å². The topological polar surface area (TPSA) is 42.1 Å². The summed E-state index contributed by atoms with van der Waals surface area (Å²) in [4.78, 5) is 2.08. The average molecular weight is 556 g/mol. The lowest BCUT2D eigenvalue weighted by atomic mass is 10.0. The molecule has 1 aliphatic heterocycles. The van der Waals surface area contributed by atoms with Gasteiger partial charge in [0, 0.05) is 24.7 Å². The zero-order valence-corrected chi connectivity index (χ0v) is 23.5. The van der Waals surface area contributed by atoms with Crippen molar-refractivity contribution in [2.75, 3.05) is 19.3 Å². The van der Waals surface area contributed by atoms with Crippen molar-refractivity contribution in [3.05, 3.63) is 71.0 Å².